The van der Waals surface area contributed by atoms with Crippen LogP contribution in [-0.4, -0.2) is 67.0 Å². The molecule has 1 aliphatic heterocycles. The molecule has 0 radical (unpaired) electrons. The van der Waals surface area contributed by atoms with Crippen molar-refractivity contribution in [2.75, 3.05) is 13.6 Å². The number of hydrogen-bond donors (Lipinski definition) is 4. The lowest BCUT2D eigenvalue weighted by Crippen LogP contribution is -2.65. The molecule has 5 fully saturated rings. The largest absolute Gasteiger partial charge is 0.481 e. The number of guanidine groups is 1. The molecule has 0 spiro atoms. The van der Waals surface area contributed by atoms with Gasteiger partial charge in [-0.15, -0.1) is 0 Å². The Morgan fingerprint density at radius 2 is 1.80 bits per heavy atom. The Morgan fingerprint density at radius 3 is 2.39 bits per heavy atom. The lowest BCUT2D eigenvalue weighted by molar-refractivity contribution is -0.562. The number of aliphatic imine (C=N–C) groups is 1. The van der Waals surface area contributed by atoms with E-state index < -0.39 is 13.2 Å². The van der Waals surface area contributed by atoms with Crippen molar-refractivity contribution in [2.24, 2.45) is 51.1 Å². The number of hydrogen-bond acceptors (Lipinski definition) is 6. The number of nitrogens with two attached hydrogens (primary N) is 1. The van der Waals surface area contributed by atoms with Crippen LogP contribution < -0.4 is 21.8 Å². The second kappa shape index (κ2) is 12.7. The van der Waals surface area contributed by atoms with Gasteiger partial charge in [0.15, 0.2) is 0 Å². The molecule has 246 valence electrons. The Morgan fingerprint density at radius 1 is 1.11 bits per heavy atom. The molecular weight excluding hydrogens is 559 g/mol. The highest BCUT2D eigenvalue weighted by Gasteiger charge is 2.68. The first-order valence-corrected chi connectivity index (χ1v) is 16.4. The molecule has 2 amide bonds. The molecule has 2 bridgehead atoms. The Bertz CT molecular complexity index is 1180. The van der Waals surface area contributed by atoms with Crippen LogP contribution in [0.4, 0.5) is 0 Å². The van der Waals surface area contributed by atoms with Crippen LogP contribution in [0.5, 0.6) is 0 Å². The maximum absolute atomic E-state index is 14.0. The van der Waals surface area contributed by atoms with Gasteiger partial charge in [0.2, 0.25) is 24.8 Å². The average molecular weight is 616 g/mol. The summed E-state index contributed by atoms with van der Waals surface area (Å²) in [5, 5.41) is 6.31. The number of rotatable bonds is 13. The molecule has 8 atom stereocenters. The van der Waals surface area contributed by atoms with E-state index in [1.807, 2.05) is 13.8 Å². The normalized spacial score (nSPS) is 32.6. The lowest BCUT2D eigenvalue weighted by Gasteiger charge is -2.64. The summed E-state index contributed by atoms with van der Waals surface area (Å²) >= 11 is 0. The molecule has 4 aliphatic carbocycles. The van der Waals surface area contributed by atoms with Crippen molar-refractivity contribution < 1.29 is 23.8 Å². The van der Waals surface area contributed by atoms with Crippen LogP contribution in [0.3, 0.4) is 0 Å². The molecule has 44 heavy (non-hydrogen) atoms. The van der Waals surface area contributed by atoms with E-state index >= 15 is 0 Å². The number of hydrazine groups is 1. The van der Waals surface area contributed by atoms with E-state index in [1.165, 1.54) is 12.6 Å². The summed E-state index contributed by atoms with van der Waals surface area (Å²) < 4.78 is 13.3. The minimum Gasteiger partial charge on any atom is -0.404 e. The molecule has 11 nitrogen and oxygen atoms in total. The van der Waals surface area contributed by atoms with Gasteiger partial charge in [-0.3, -0.25) is 9.59 Å². The van der Waals surface area contributed by atoms with Gasteiger partial charge in [0.05, 0.1) is 28.5 Å². The molecule has 4 saturated carbocycles. The van der Waals surface area contributed by atoms with Crippen LogP contribution in [0.2, 0.25) is 0 Å². The fourth-order valence-corrected chi connectivity index (χ4v) is 8.17. The summed E-state index contributed by atoms with van der Waals surface area (Å²) in [5.74, 6) is 0.540. The Kier molecular flexibility index (Phi) is 9.96. The van der Waals surface area contributed by atoms with Crippen LogP contribution in [0, 0.1) is 45.3 Å². The maximum atomic E-state index is 14.0. The molecule has 12 heteroatoms. The Hall–Kier alpha value is -2.47. The average Bonchev–Trinajstić information content (AvgIpc) is 3.23. The van der Waals surface area contributed by atoms with Crippen LogP contribution in [0.25, 0.3) is 0 Å². The number of nitrogens with one attached hydrogen (secondary N) is 3. The van der Waals surface area contributed by atoms with Crippen molar-refractivity contribution in [2.45, 2.75) is 118 Å². The van der Waals surface area contributed by atoms with E-state index in [0.29, 0.717) is 48.4 Å². The van der Waals surface area contributed by atoms with Gasteiger partial charge >= 0.3 is 7.12 Å². The van der Waals surface area contributed by atoms with Crippen molar-refractivity contribution in [3.05, 3.63) is 16.6 Å². The topological polar surface area (TPSA) is 147 Å². The van der Waals surface area contributed by atoms with E-state index in [-0.39, 0.29) is 58.1 Å². The Labute approximate surface area is 264 Å². The molecule has 5 N–H and O–H groups in total. The SMILES string of the molecule is CC(C)=CC1C(C(=O)N[C@@H](CCCN=C(N)N[N+](C)=O)C(=O)N[C@@H](CC(C)C)B2O[C@@H]3C[C@@H]4C[C@@H](C4(C)C)[C@]3(C)O2)C1(C)C. The number of carbonyl (C=O) groups excluding carboxylic acids is 2. The van der Waals surface area contributed by atoms with Gasteiger partial charge in [-0.25, -0.2) is 4.99 Å². The van der Waals surface area contributed by atoms with Crippen LogP contribution in [0.1, 0.15) is 94.4 Å². The number of nitroso groups, excluding NO2 is 1. The summed E-state index contributed by atoms with van der Waals surface area (Å²) in [7, 11) is 0.733. The number of carbonyl (C=O) groups is 2. The monoisotopic (exact) mass is 615 g/mol. The summed E-state index contributed by atoms with van der Waals surface area (Å²) in [6.45, 7) is 19.6. The molecule has 0 aromatic carbocycles. The van der Waals surface area contributed by atoms with Crippen molar-refractivity contribution in [1.29, 1.82) is 0 Å². The first-order chi connectivity index (χ1) is 20.4. The van der Waals surface area contributed by atoms with E-state index in [2.05, 4.69) is 75.6 Å². The summed E-state index contributed by atoms with van der Waals surface area (Å²) in [6, 6.07) is -0.765. The fraction of sp³-hybridized carbons (Fsp3) is 0.844. The minimum atomic E-state index is -0.765. The smallest absolute Gasteiger partial charge is 0.404 e. The van der Waals surface area contributed by atoms with Gasteiger partial charge < -0.3 is 25.7 Å². The zero-order chi connectivity index (χ0) is 32.8. The van der Waals surface area contributed by atoms with Gasteiger partial charge in [0.25, 0.3) is 0 Å². The molecule has 1 heterocycles. The third kappa shape index (κ3) is 7.01. The van der Waals surface area contributed by atoms with Gasteiger partial charge in [-0.05, 0) is 87.4 Å². The van der Waals surface area contributed by atoms with Crippen LogP contribution in [0.15, 0.2) is 16.6 Å². The molecule has 5 aliphatic rings. The van der Waals surface area contributed by atoms with E-state index in [0.717, 1.165) is 12.8 Å². The van der Waals surface area contributed by atoms with Crippen molar-refractivity contribution in [3.8, 4) is 0 Å². The number of allylic oxidation sites excluding steroid dienone is 2. The van der Waals surface area contributed by atoms with Gasteiger partial charge in [-0.1, -0.05) is 58.6 Å². The molecule has 0 aromatic heterocycles. The number of amides is 2. The lowest BCUT2D eigenvalue weighted by atomic mass is 9.43. The summed E-state index contributed by atoms with van der Waals surface area (Å²) in [6.07, 6.45) is 5.83. The highest BCUT2D eigenvalue weighted by atomic mass is 16.7. The van der Waals surface area contributed by atoms with Crippen molar-refractivity contribution in [1.82, 2.24) is 16.1 Å². The third-order valence-electron chi connectivity index (χ3n) is 10.9. The van der Waals surface area contributed by atoms with Crippen LogP contribution in [-0.2, 0) is 18.9 Å². The second-order valence-corrected chi connectivity index (χ2v) is 15.7. The van der Waals surface area contributed by atoms with Gasteiger partial charge in [-0.2, -0.15) is 0 Å². The van der Waals surface area contributed by atoms with E-state index in [9.17, 15) is 14.5 Å². The van der Waals surface area contributed by atoms with Gasteiger partial charge in [0.1, 0.15) is 10.9 Å². The first kappa shape index (κ1) is 34.4. The predicted molar refractivity (Wildman–Crippen MR) is 172 cm³/mol. The zero-order valence-electron chi connectivity index (χ0n) is 28.5. The van der Waals surface area contributed by atoms with E-state index in [1.54, 1.807) is 0 Å². The standard InChI is InChI=1S/C32H55BN6O5/c1-18(2)14-21-26(31(21,7)8)28(41)36-22(12-11-13-35-29(34)38-39(10)42)27(40)37-25(15-19(3)4)33-43-24-17-20-16-23(30(20,5)6)32(24,9)44-33/h14,19-26H,11-13,15-17H2,1-10H3,(H4-,34,35,36,37,38,40,41,42)/p+1/t20-,21?,22-,23-,24+,25-,26?,32-/m0/s1. The summed E-state index contributed by atoms with van der Waals surface area (Å²) in [5.41, 5.74) is 8.96. The molecular formula is C32H56BN6O5+. The first-order valence-electron chi connectivity index (χ1n) is 16.4. The second-order valence-electron chi connectivity index (χ2n) is 15.7. The number of nitrogens with zero attached hydrogens (tertiary/aromatic N) is 2. The maximum Gasteiger partial charge on any atom is 0.481 e. The fourth-order valence-electron chi connectivity index (χ4n) is 8.17. The predicted octanol–water partition coefficient (Wildman–Crippen LogP) is 3.52. The molecule has 2 unspecified atom stereocenters. The minimum absolute atomic E-state index is 0.000371. The molecule has 0 aromatic rings. The summed E-state index contributed by atoms with van der Waals surface area (Å²) in [4.78, 5) is 43.4. The van der Waals surface area contributed by atoms with Gasteiger partial charge in [0, 0.05) is 6.54 Å². The Balaban J connectivity index is 1.48. The quantitative estimate of drug-likeness (QED) is 0.0472. The third-order valence-corrected chi connectivity index (χ3v) is 10.9. The van der Waals surface area contributed by atoms with E-state index in [4.69, 9.17) is 15.0 Å². The highest BCUT2D eigenvalue weighted by molar-refractivity contribution is 6.48. The zero-order valence-corrected chi connectivity index (χ0v) is 28.5. The molecule has 1 saturated heterocycles. The van der Waals surface area contributed by atoms with Crippen molar-refractivity contribution in [3.63, 3.8) is 0 Å². The molecule has 5 rings (SSSR count). The van der Waals surface area contributed by atoms with Crippen molar-refractivity contribution >= 4 is 24.9 Å². The van der Waals surface area contributed by atoms with Crippen LogP contribution >= 0.6 is 0 Å². The highest BCUT2D eigenvalue weighted by Crippen LogP contribution is 2.66.